The molecule has 0 saturated heterocycles. The summed E-state index contributed by atoms with van der Waals surface area (Å²) in [7, 11) is 0.866. The first-order chi connectivity index (χ1) is 13.9. The van der Waals surface area contributed by atoms with Crippen molar-refractivity contribution in [2.45, 2.75) is 63.3 Å². The van der Waals surface area contributed by atoms with Gasteiger partial charge in [0.05, 0.1) is 0 Å². The molecule has 0 radical (unpaired) electrons. The Bertz CT molecular complexity index is 737. The molecule has 0 aliphatic rings. The SMILES string of the molecule is CCCCCCC[C@H](OC(=O)[C@](OC)(c1ccccc1)C(F)(F)F)c1nccs1. The van der Waals surface area contributed by atoms with Crippen LogP contribution in [0, 0.1) is 0 Å². The van der Waals surface area contributed by atoms with Crippen LogP contribution in [0.4, 0.5) is 13.2 Å². The molecule has 4 nitrogen and oxygen atoms in total. The number of ether oxygens (including phenoxy) is 2. The summed E-state index contributed by atoms with van der Waals surface area (Å²) in [6.45, 7) is 2.10. The molecule has 0 amide bonds. The highest BCUT2D eigenvalue weighted by atomic mass is 32.1. The van der Waals surface area contributed by atoms with Crippen LogP contribution < -0.4 is 0 Å². The minimum atomic E-state index is -4.99. The van der Waals surface area contributed by atoms with Gasteiger partial charge in [-0.05, 0) is 12.8 Å². The van der Waals surface area contributed by atoms with E-state index in [0.717, 1.165) is 39.2 Å². The predicted octanol–water partition coefficient (Wildman–Crippen LogP) is 6.19. The van der Waals surface area contributed by atoms with E-state index < -0.39 is 23.9 Å². The zero-order valence-corrected chi connectivity index (χ0v) is 17.4. The molecule has 0 bridgehead atoms. The maximum absolute atomic E-state index is 14.1. The third kappa shape index (κ3) is 5.57. The number of thiazole rings is 1. The lowest BCUT2D eigenvalue weighted by Crippen LogP contribution is -2.52. The van der Waals surface area contributed by atoms with Gasteiger partial charge in [-0.2, -0.15) is 13.2 Å². The second-order valence-corrected chi connectivity index (χ2v) is 7.64. The van der Waals surface area contributed by atoms with E-state index in [2.05, 4.69) is 11.9 Å². The van der Waals surface area contributed by atoms with Crippen LogP contribution in [-0.4, -0.2) is 24.2 Å². The maximum atomic E-state index is 14.1. The molecule has 8 heteroatoms. The van der Waals surface area contributed by atoms with Crippen LogP contribution in [0.2, 0.25) is 0 Å². The van der Waals surface area contributed by atoms with E-state index in [1.807, 2.05) is 0 Å². The number of benzene rings is 1. The van der Waals surface area contributed by atoms with E-state index in [9.17, 15) is 18.0 Å². The molecule has 0 spiro atoms. The fourth-order valence-electron chi connectivity index (χ4n) is 3.16. The lowest BCUT2D eigenvalue weighted by molar-refractivity contribution is -0.278. The van der Waals surface area contributed by atoms with E-state index in [1.54, 1.807) is 17.6 Å². The average Bonchev–Trinajstić information content (AvgIpc) is 3.22. The van der Waals surface area contributed by atoms with Gasteiger partial charge in [0.15, 0.2) is 6.10 Å². The Morgan fingerprint density at radius 3 is 2.38 bits per heavy atom. The first-order valence-corrected chi connectivity index (χ1v) is 10.5. The molecule has 29 heavy (non-hydrogen) atoms. The quantitative estimate of drug-likeness (QED) is 0.316. The van der Waals surface area contributed by atoms with Gasteiger partial charge < -0.3 is 9.47 Å². The zero-order chi connectivity index (χ0) is 21.3. The molecule has 0 saturated carbocycles. The normalized spacial score (nSPS) is 14.9. The van der Waals surface area contributed by atoms with Crippen LogP contribution in [-0.2, 0) is 19.9 Å². The fraction of sp³-hybridized carbons (Fsp3) is 0.524. The second kappa shape index (κ2) is 10.7. The molecule has 160 valence electrons. The fourth-order valence-corrected chi connectivity index (χ4v) is 3.86. The topological polar surface area (TPSA) is 48.4 Å². The van der Waals surface area contributed by atoms with E-state index in [0.29, 0.717) is 11.4 Å². The molecule has 2 atom stereocenters. The molecule has 0 N–H and O–H groups in total. The van der Waals surface area contributed by atoms with Gasteiger partial charge in [0.2, 0.25) is 0 Å². The van der Waals surface area contributed by atoms with Crippen molar-refractivity contribution in [1.82, 2.24) is 4.98 Å². The smallest absolute Gasteiger partial charge is 0.432 e. The van der Waals surface area contributed by atoms with Crippen LogP contribution in [0.1, 0.15) is 62.1 Å². The molecule has 1 aromatic carbocycles. The summed E-state index contributed by atoms with van der Waals surface area (Å²) in [4.78, 5) is 17.0. The number of esters is 1. The summed E-state index contributed by atoms with van der Waals surface area (Å²) in [5.74, 6) is -1.48. The highest BCUT2D eigenvalue weighted by molar-refractivity contribution is 7.09. The Morgan fingerprint density at radius 1 is 1.14 bits per heavy atom. The van der Waals surface area contributed by atoms with Crippen LogP contribution in [0.5, 0.6) is 0 Å². The number of rotatable bonds is 11. The molecule has 0 aliphatic carbocycles. The van der Waals surface area contributed by atoms with Gasteiger partial charge >= 0.3 is 12.1 Å². The van der Waals surface area contributed by atoms with Crippen molar-refractivity contribution >= 4 is 17.3 Å². The Hall–Kier alpha value is -1.93. The Morgan fingerprint density at radius 2 is 1.83 bits per heavy atom. The highest BCUT2D eigenvalue weighted by Crippen LogP contribution is 2.44. The summed E-state index contributed by atoms with van der Waals surface area (Å²) in [6, 6.07) is 6.84. The standard InChI is InChI=1S/C21H26F3NO3S/c1-3-4-5-6-10-13-17(18-25-14-15-29-18)28-19(26)20(27-2,21(22,23)24)16-11-8-7-9-12-16/h7-9,11-12,14-15,17H,3-6,10,13H2,1-2H3/t17-,20+/m0/s1. The van der Waals surface area contributed by atoms with Crippen LogP contribution in [0.25, 0.3) is 0 Å². The maximum Gasteiger partial charge on any atom is 0.432 e. The Labute approximate surface area is 173 Å². The van der Waals surface area contributed by atoms with Crippen molar-refractivity contribution < 1.29 is 27.4 Å². The third-order valence-corrected chi connectivity index (χ3v) is 5.59. The van der Waals surface area contributed by atoms with Crippen LogP contribution >= 0.6 is 11.3 Å². The number of nitrogens with zero attached hydrogens (tertiary/aromatic N) is 1. The van der Waals surface area contributed by atoms with E-state index in [1.165, 1.54) is 35.6 Å². The highest BCUT2D eigenvalue weighted by Gasteiger charge is 2.64. The van der Waals surface area contributed by atoms with E-state index >= 15 is 0 Å². The summed E-state index contributed by atoms with van der Waals surface area (Å²) in [6.07, 6.45) is 0.983. The molecular formula is C21H26F3NO3S. The van der Waals surface area contributed by atoms with Crippen molar-refractivity contribution in [2.75, 3.05) is 7.11 Å². The molecule has 0 unspecified atom stereocenters. The van der Waals surface area contributed by atoms with Gasteiger partial charge in [0.1, 0.15) is 5.01 Å². The Kier molecular flexibility index (Phi) is 8.64. The van der Waals surface area contributed by atoms with Crippen molar-refractivity contribution in [3.05, 3.63) is 52.5 Å². The minimum Gasteiger partial charge on any atom is -0.452 e. The molecule has 2 rings (SSSR count). The Balaban J connectivity index is 2.26. The molecule has 0 fully saturated rings. The molecule has 1 aromatic heterocycles. The predicted molar refractivity (Wildman–Crippen MR) is 106 cm³/mol. The van der Waals surface area contributed by atoms with Crippen molar-refractivity contribution in [3.8, 4) is 0 Å². The molecule has 0 aliphatic heterocycles. The number of alkyl halides is 3. The second-order valence-electron chi connectivity index (χ2n) is 6.72. The molecular weight excluding hydrogens is 403 g/mol. The van der Waals surface area contributed by atoms with Gasteiger partial charge in [-0.3, -0.25) is 0 Å². The van der Waals surface area contributed by atoms with Gasteiger partial charge in [0.25, 0.3) is 5.60 Å². The molecule has 1 heterocycles. The number of methoxy groups -OCH3 is 1. The van der Waals surface area contributed by atoms with Crippen LogP contribution in [0.15, 0.2) is 41.9 Å². The lowest BCUT2D eigenvalue weighted by atomic mass is 9.92. The number of hydrogen-bond donors (Lipinski definition) is 0. The number of unbranched alkanes of at least 4 members (excludes halogenated alkanes) is 4. The van der Waals surface area contributed by atoms with Crippen molar-refractivity contribution in [3.63, 3.8) is 0 Å². The average molecular weight is 430 g/mol. The van der Waals surface area contributed by atoms with Gasteiger partial charge in [-0.15, -0.1) is 11.3 Å². The summed E-state index contributed by atoms with van der Waals surface area (Å²) < 4.78 is 52.4. The minimum absolute atomic E-state index is 0.319. The summed E-state index contributed by atoms with van der Waals surface area (Å²) in [5.41, 5.74) is -3.51. The number of carbonyl (C=O) groups is 1. The monoisotopic (exact) mass is 429 g/mol. The van der Waals surface area contributed by atoms with E-state index in [-0.39, 0.29) is 5.56 Å². The van der Waals surface area contributed by atoms with Crippen molar-refractivity contribution in [2.24, 2.45) is 0 Å². The number of carbonyl (C=O) groups excluding carboxylic acids is 1. The third-order valence-electron chi connectivity index (χ3n) is 4.72. The summed E-state index contributed by atoms with van der Waals surface area (Å²) >= 11 is 1.25. The van der Waals surface area contributed by atoms with Crippen LogP contribution in [0.3, 0.4) is 0 Å². The molecule has 2 aromatic rings. The number of halogens is 3. The van der Waals surface area contributed by atoms with Gasteiger partial charge in [-0.1, -0.05) is 62.9 Å². The number of aromatic nitrogens is 1. The van der Waals surface area contributed by atoms with E-state index in [4.69, 9.17) is 9.47 Å². The van der Waals surface area contributed by atoms with Crippen molar-refractivity contribution in [1.29, 1.82) is 0 Å². The summed E-state index contributed by atoms with van der Waals surface area (Å²) in [5, 5.41) is 2.19. The largest absolute Gasteiger partial charge is 0.452 e. The van der Waals surface area contributed by atoms with Gasteiger partial charge in [-0.25, -0.2) is 9.78 Å². The van der Waals surface area contributed by atoms with Gasteiger partial charge in [0, 0.05) is 24.3 Å². The number of hydrogen-bond acceptors (Lipinski definition) is 5. The lowest BCUT2D eigenvalue weighted by Gasteiger charge is -2.33. The first kappa shape index (κ1) is 23.3. The zero-order valence-electron chi connectivity index (χ0n) is 16.6. The first-order valence-electron chi connectivity index (χ1n) is 9.64.